The van der Waals surface area contributed by atoms with E-state index in [1.54, 1.807) is 18.2 Å². The first-order valence-corrected chi connectivity index (χ1v) is 6.73. The minimum Gasteiger partial charge on any atom is -0.398 e. The average molecular weight is 276 g/mol. The molecule has 1 aromatic carbocycles. The number of rotatable bonds is 4. The van der Waals surface area contributed by atoms with Crippen molar-refractivity contribution in [2.45, 2.75) is 25.9 Å². The number of anilines is 1. The molecule has 0 aliphatic carbocycles. The van der Waals surface area contributed by atoms with E-state index in [1.807, 2.05) is 6.92 Å². The van der Waals surface area contributed by atoms with Crippen molar-refractivity contribution >= 4 is 17.5 Å². The first-order valence-electron chi connectivity index (χ1n) is 6.73. The zero-order valence-corrected chi connectivity index (χ0v) is 11.6. The van der Waals surface area contributed by atoms with Crippen LogP contribution in [0.2, 0.25) is 0 Å². The summed E-state index contributed by atoms with van der Waals surface area (Å²) in [6.07, 6.45) is 0.755. The second kappa shape index (κ2) is 5.92. The second-order valence-electron chi connectivity index (χ2n) is 4.96. The predicted octanol–water partition coefficient (Wildman–Crippen LogP) is 0.0781. The topological polar surface area (TPSA) is 101 Å². The lowest BCUT2D eigenvalue weighted by molar-refractivity contribution is -0.129. The van der Waals surface area contributed by atoms with Crippen molar-refractivity contribution in [1.29, 1.82) is 0 Å². The molecule has 1 aliphatic heterocycles. The van der Waals surface area contributed by atoms with Gasteiger partial charge in [0.05, 0.1) is 6.04 Å². The number of primary amides is 1. The molecule has 0 spiro atoms. The Balaban J connectivity index is 2.16. The minimum atomic E-state index is -0.493. The summed E-state index contributed by atoms with van der Waals surface area (Å²) in [6, 6.07) is 4.93. The summed E-state index contributed by atoms with van der Waals surface area (Å²) in [4.78, 5) is 25.0. The third-order valence-corrected chi connectivity index (χ3v) is 3.63. The molecule has 0 saturated carbocycles. The maximum Gasteiger partial charge on any atom is 0.248 e. The molecule has 1 aliphatic rings. The van der Waals surface area contributed by atoms with Gasteiger partial charge in [0, 0.05) is 30.9 Å². The third-order valence-electron chi connectivity index (χ3n) is 3.63. The van der Waals surface area contributed by atoms with Crippen LogP contribution in [0.1, 0.15) is 29.3 Å². The van der Waals surface area contributed by atoms with Gasteiger partial charge in [-0.15, -0.1) is 0 Å². The molecule has 2 rings (SSSR count). The first kappa shape index (κ1) is 14.3. The summed E-state index contributed by atoms with van der Waals surface area (Å²) in [5, 5.41) is 2.86. The van der Waals surface area contributed by atoms with Gasteiger partial charge in [-0.3, -0.25) is 14.5 Å². The van der Waals surface area contributed by atoms with E-state index in [4.69, 9.17) is 11.5 Å². The molecule has 0 radical (unpaired) electrons. The lowest BCUT2D eigenvalue weighted by atomic mass is 10.1. The van der Waals surface area contributed by atoms with Gasteiger partial charge < -0.3 is 16.8 Å². The number of carbonyl (C=O) groups excluding carboxylic acids is 2. The molecule has 0 bridgehead atoms. The molecule has 2 amide bonds. The van der Waals surface area contributed by atoms with E-state index in [0.717, 1.165) is 18.5 Å². The standard InChI is InChI=1S/C14H20N4O2/c1-2-12-14(20)17-5-6-18(12)8-10-4-3-9(13(16)19)7-11(10)15/h3-4,7,12H,2,5-6,8,15H2,1H3,(H2,16,19)(H,17,20). The van der Waals surface area contributed by atoms with Crippen molar-refractivity contribution < 1.29 is 9.59 Å². The largest absolute Gasteiger partial charge is 0.398 e. The Hall–Kier alpha value is -2.08. The highest BCUT2D eigenvalue weighted by Crippen LogP contribution is 2.19. The van der Waals surface area contributed by atoms with Crippen LogP contribution in [0.15, 0.2) is 18.2 Å². The van der Waals surface area contributed by atoms with Crippen LogP contribution in [0.5, 0.6) is 0 Å². The highest BCUT2D eigenvalue weighted by atomic mass is 16.2. The molecule has 108 valence electrons. The number of benzene rings is 1. The number of nitrogens with two attached hydrogens (primary N) is 2. The highest BCUT2D eigenvalue weighted by molar-refractivity contribution is 5.93. The van der Waals surface area contributed by atoms with Crippen molar-refractivity contribution in [3.8, 4) is 0 Å². The van der Waals surface area contributed by atoms with Crippen LogP contribution >= 0.6 is 0 Å². The number of carbonyl (C=O) groups is 2. The number of hydrogen-bond acceptors (Lipinski definition) is 4. The van der Waals surface area contributed by atoms with Crippen LogP contribution in [-0.2, 0) is 11.3 Å². The summed E-state index contributed by atoms with van der Waals surface area (Å²) in [7, 11) is 0. The Morgan fingerprint density at radius 3 is 2.85 bits per heavy atom. The number of nitrogens with zero attached hydrogens (tertiary/aromatic N) is 1. The molecule has 1 aromatic rings. The second-order valence-corrected chi connectivity index (χ2v) is 4.96. The quantitative estimate of drug-likeness (QED) is 0.678. The van der Waals surface area contributed by atoms with Gasteiger partial charge in [0.15, 0.2) is 0 Å². The Morgan fingerprint density at radius 1 is 1.50 bits per heavy atom. The molecular weight excluding hydrogens is 256 g/mol. The number of hydrogen-bond donors (Lipinski definition) is 3. The van der Waals surface area contributed by atoms with Crippen LogP contribution in [0.4, 0.5) is 5.69 Å². The van der Waals surface area contributed by atoms with Gasteiger partial charge in [-0.2, -0.15) is 0 Å². The minimum absolute atomic E-state index is 0.0612. The van der Waals surface area contributed by atoms with Gasteiger partial charge in [0.1, 0.15) is 0 Å². The molecule has 1 heterocycles. The van der Waals surface area contributed by atoms with Gasteiger partial charge >= 0.3 is 0 Å². The Labute approximate surface area is 118 Å². The van der Waals surface area contributed by atoms with Crippen molar-refractivity contribution in [2.24, 2.45) is 5.73 Å². The summed E-state index contributed by atoms with van der Waals surface area (Å²) in [6.45, 7) is 4.02. The smallest absolute Gasteiger partial charge is 0.248 e. The first-order chi connectivity index (χ1) is 9.52. The Morgan fingerprint density at radius 2 is 2.25 bits per heavy atom. The summed E-state index contributed by atoms with van der Waals surface area (Å²) < 4.78 is 0. The van der Waals surface area contributed by atoms with Gasteiger partial charge in [-0.1, -0.05) is 13.0 Å². The third kappa shape index (κ3) is 2.91. The molecule has 6 nitrogen and oxygen atoms in total. The zero-order valence-electron chi connectivity index (χ0n) is 11.6. The fourth-order valence-electron chi connectivity index (χ4n) is 2.51. The maximum absolute atomic E-state index is 11.8. The van der Waals surface area contributed by atoms with E-state index in [1.165, 1.54) is 0 Å². The molecule has 6 heteroatoms. The van der Waals surface area contributed by atoms with Crippen LogP contribution in [0.25, 0.3) is 0 Å². The Bertz CT molecular complexity index is 530. The normalized spacial score (nSPS) is 19.6. The lowest BCUT2D eigenvalue weighted by Gasteiger charge is -2.34. The predicted molar refractivity (Wildman–Crippen MR) is 76.9 cm³/mol. The molecule has 1 atom stereocenters. The summed E-state index contributed by atoms with van der Waals surface area (Å²) in [5.74, 6) is -0.432. The highest BCUT2D eigenvalue weighted by Gasteiger charge is 2.28. The van der Waals surface area contributed by atoms with E-state index in [-0.39, 0.29) is 11.9 Å². The van der Waals surface area contributed by atoms with E-state index in [9.17, 15) is 9.59 Å². The van der Waals surface area contributed by atoms with Crippen molar-refractivity contribution in [2.75, 3.05) is 18.8 Å². The molecule has 20 heavy (non-hydrogen) atoms. The molecule has 0 aromatic heterocycles. The van der Waals surface area contributed by atoms with Crippen LogP contribution in [-0.4, -0.2) is 35.8 Å². The van der Waals surface area contributed by atoms with Crippen LogP contribution < -0.4 is 16.8 Å². The number of nitrogen functional groups attached to an aromatic ring is 1. The zero-order chi connectivity index (χ0) is 14.7. The summed E-state index contributed by atoms with van der Waals surface area (Å²) >= 11 is 0. The van der Waals surface area contributed by atoms with E-state index >= 15 is 0 Å². The number of piperazine rings is 1. The van der Waals surface area contributed by atoms with Crippen molar-refractivity contribution in [3.05, 3.63) is 29.3 Å². The number of nitrogens with one attached hydrogen (secondary N) is 1. The molecule has 1 fully saturated rings. The van der Waals surface area contributed by atoms with Gasteiger partial charge in [-0.25, -0.2) is 0 Å². The van der Waals surface area contributed by atoms with Gasteiger partial charge in [-0.05, 0) is 24.1 Å². The average Bonchev–Trinajstić information content (AvgIpc) is 2.41. The molecular formula is C14H20N4O2. The van der Waals surface area contributed by atoms with Crippen LogP contribution in [0, 0.1) is 0 Å². The van der Waals surface area contributed by atoms with E-state index in [2.05, 4.69) is 10.2 Å². The van der Waals surface area contributed by atoms with Gasteiger partial charge in [0.2, 0.25) is 11.8 Å². The maximum atomic E-state index is 11.8. The molecule has 1 unspecified atom stereocenters. The van der Waals surface area contributed by atoms with Crippen molar-refractivity contribution in [1.82, 2.24) is 10.2 Å². The fraction of sp³-hybridized carbons (Fsp3) is 0.429. The van der Waals surface area contributed by atoms with E-state index in [0.29, 0.717) is 24.3 Å². The molecule has 5 N–H and O–H groups in total. The number of amides is 2. The SMILES string of the molecule is CCC1C(=O)NCCN1Cc1ccc(C(N)=O)cc1N. The Kier molecular flexibility index (Phi) is 4.24. The van der Waals surface area contributed by atoms with Crippen LogP contribution in [0.3, 0.4) is 0 Å². The summed E-state index contributed by atoms with van der Waals surface area (Å²) in [5.41, 5.74) is 13.0. The molecule has 1 saturated heterocycles. The monoisotopic (exact) mass is 276 g/mol. The van der Waals surface area contributed by atoms with E-state index < -0.39 is 5.91 Å². The fourth-order valence-corrected chi connectivity index (χ4v) is 2.51. The van der Waals surface area contributed by atoms with Crippen molar-refractivity contribution in [3.63, 3.8) is 0 Å². The lowest BCUT2D eigenvalue weighted by Crippen LogP contribution is -2.54. The van der Waals surface area contributed by atoms with Gasteiger partial charge in [0.25, 0.3) is 0 Å².